The molecule has 3 amide bonds. The highest BCUT2D eigenvalue weighted by Gasteiger charge is 2.38. The molecular formula is C16H28N4O6. The molecule has 26 heavy (non-hydrogen) atoms. The predicted molar refractivity (Wildman–Crippen MR) is 91.8 cm³/mol. The Kier molecular flexibility index (Phi) is 8.46. The van der Waals surface area contributed by atoms with Gasteiger partial charge in [-0.15, -0.1) is 0 Å². The zero-order valence-corrected chi connectivity index (χ0v) is 15.1. The van der Waals surface area contributed by atoms with Gasteiger partial charge in [0.25, 0.3) is 0 Å². The van der Waals surface area contributed by atoms with Crippen molar-refractivity contribution in [1.82, 2.24) is 15.5 Å². The Bertz CT molecular complexity index is 539. The van der Waals surface area contributed by atoms with Crippen LogP contribution in [0.5, 0.6) is 0 Å². The minimum absolute atomic E-state index is 0.0568. The van der Waals surface area contributed by atoms with E-state index in [0.29, 0.717) is 25.8 Å². The Labute approximate surface area is 152 Å². The van der Waals surface area contributed by atoms with Crippen molar-refractivity contribution >= 4 is 23.7 Å². The number of carbonyl (C=O) groups excluding carboxylic acids is 3. The average Bonchev–Trinajstić information content (AvgIpc) is 3.07. The van der Waals surface area contributed by atoms with Gasteiger partial charge < -0.3 is 31.5 Å². The van der Waals surface area contributed by atoms with Gasteiger partial charge >= 0.3 is 5.97 Å². The molecule has 1 saturated heterocycles. The van der Waals surface area contributed by atoms with Crippen molar-refractivity contribution in [2.45, 2.75) is 51.2 Å². The van der Waals surface area contributed by atoms with Crippen molar-refractivity contribution in [2.75, 3.05) is 19.7 Å². The van der Waals surface area contributed by atoms with Crippen LogP contribution < -0.4 is 16.4 Å². The third-order valence-corrected chi connectivity index (χ3v) is 4.16. The number of hydrogen-bond acceptors (Lipinski definition) is 6. The van der Waals surface area contributed by atoms with E-state index in [0.717, 1.165) is 0 Å². The third kappa shape index (κ3) is 5.95. The van der Waals surface area contributed by atoms with E-state index in [1.165, 1.54) is 4.90 Å². The van der Waals surface area contributed by atoms with Crippen molar-refractivity contribution in [1.29, 1.82) is 0 Å². The lowest BCUT2D eigenvalue weighted by molar-refractivity contribution is -0.149. The smallest absolute Gasteiger partial charge is 0.326 e. The Hall–Kier alpha value is -2.20. The van der Waals surface area contributed by atoms with E-state index in [2.05, 4.69) is 10.6 Å². The summed E-state index contributed by atoms with van der Waals surface area (Å²) in [7, 11) is 0. The zero-order valence-electron chi connectivity index (χ0n) is 15.1. The first kappa shape index (κ1) is 21.8. The summed E-state index contributed by atoms with van der Waals surface area (Å²) in [5, 5.41) is 23.4. The summed E-state index contributed by atoms with van der Waals surface area (Å²) < 4.78 is 0. The minimum atomic E-state index is -1.23. The largest absolute Gasteiger partial charge is 0.480 e. The van der Waals surface area contributed by atoms with Gasteiger partial charge in [-0.05, 0) is 25.2 Å². The topological polar surface area (TPSA) is 162 Å². The average molecular weight is 372 g/mol. The fraction of sp³-hybridized carbons (Fsp3) is 0.750. The molecule has 1 fully saturated rings. The summed E-state index contributed by atoms with van der Waals surface area (Å²) in [5.41, 5.74) is 5.18. The van der Waals surface area contributed by atoms with Crippen molar-refractivity contribution in [3.05, 3.63) is 0 Å². The number of carbonyl (C=O) groups is 4. The normalized spacial score (nSPS) is 19.1. The minimum Gasteiger partial charge on any atom is -0.480 e. The molecule has 3 unspecified atom stereocenters. The molecule has 0 bridgehead atoms. The SMILES string of the molecule is CC(C)CC(NC(=O)C(CO)NC(=O)CN)C(=O)N1CCCC1C(=O)O. The molecule has 0 aromatic rings. The fourth-order valence-corrected chi connectivity index (χ4v) is 2.90. The molecule has 1 heterocycles. The first-order valence-corrected chi connectivity index (χ1v) is 8.65. The van der Waals surface area contributed by atoms with Crippen LogP contribution in [-0.4, -0.2) is 76.6 Å². The van der Waals surface area contributed by atoms with E-state index in [9.17, 15) is 29.4 Å². The van der Waals surface area contributed by atoms with Crippen LogP contribution in [0, 0.1) is 5.92 Å². The number of aliphatic hydroxyl groups is 1. The predicted octanol–water partition coefficient (Wildman–Crippen LogP) is -1.97. The Morgan fingerprint density at radius 2 is 1.85 bits per heavy atom. The summed E-state index contributed by atoms with van der Waals surface area (Å²) in [5.74, 6) is -2.83. The fourth-order valence-electron chi connectivity index (χ4n) is 2.90. The number of amides is 3. The number of likely N-dealkylation sites (tertiary alicyclic amines) is 1. The summed E-state index contributed by atoms with van der Waals surface area (Å²) in [6.07, 6.45) is 1.25. The highest BCUT2D eigenvalue weighted by molar-refractivity contribution is 5.93. The van der Waals surface area contributed by atoms with E-state index in [4.69, 9.17) is 5.73 Å². The standard InChI is InChI=1S/C16H28N4O6/c1-9(2)6-10(15(24)20-5-3-4-12(20)16(25)26)19-14(23)11(8-21)18-13(22)7-17/h9-12,21H,3-8,17H2,1-2H3,(H,18,22)(H,19,23)(H,25,26). The molecule has 3 atom stereocenters. The lowest BCUT2D eigenvalue weighted by Crippen LogP contribution is -2.57. The molecule has 1 aliphatic rings. The van der Waals surface area contributed by atoms with Gasteiger partial charge in [0.15, 0.2) is 0 Å². The van der Waals surface area contributed by atoms with Crippen LogP contribution in [0.1, 0.15) is 33.1 Å². The number of nitrogens with zero attached hydrogens (tertiary/aromatic N) is 1. The summed E-state index contributed by atoms with van der Waals surface area (Å²) >= 11 is 0. The number of hydrogen-bond donors (Lipinski definition) is 5. The lowest BCUT2D eigenvalue weighted by Gasteiger charge is -2.29. The maximum Gasteiger partial charge on any atom is 0.326 e. The van der Waals surface area contributed by atoms with Crippen LogP contribution in [0.4, 0.5) is 0 Å². The van der Waals surface area contributed by atoms with E-state index >= 15 is 0 Å². The van der Waals surface area contributed by atoms with E-state index in [-0.39, 0.29) is 12.5 Å². The summed E-state index contributed by atoms with van der Waals surface area (Å²) in [4.78, 5) is 49.1. The van der Waals surface area contributed by atoms with Gasteiger partial charge in [-0.25, -0.2) is 4.79 Å². The lowest BCUT2D eigenvalue weighted by atomic mass is 10.0. The van der Waals surface area contributed by atoms with Gasteiger partial charge in [-0.2, -0.15) is 0 Å². The first-order chi connectivity index (χ1) is 12.2. The molecule has 1 aliphatic heterocycles. The molecule has 10 heteroatoms. The number of aliphatic carboxylic acids is 1. The quantitative estimate of drug-likeness (QED) is 0.313. The second kappa shape index (κ2) is 10.1. The van der Waals surface area contributed by atoms with Crippen LogP contribution >= 0.6 is 0 Å². The molecule has 0 saturated carbocycles. The maximum atomic E-state index is 12.8. The van der Waals surface area contributed by atoms with Crippen LogP contribution in [0.25, 0.3) is 0 Å². The Morgan fingerprint density at radius 1 is 1.19 bits per heavy atom. The van der Waals surface area contributed by atoms with Gasteiger partial charge in [0.05, 0.1) is 13.2 Å². The van der Waals surface area contributed by atoms with Crippen LogP contribution in [0.15, 0.2) is 0 Å². The van der Waals surface area contributed by atoms with Crippen molar-refractivity contribution < 1.29 is 29.4 Å². The molecule has 0 aromatic carbocycles. The molecule has 148 valence electrons. The van der Waals surface area contributed by atoms with Gasteiger partial charge in [0, 0.05) is 6.54 Å². The summed E-state index contributed by atoms with van der Waals surface area (Å²) in [6, 6.07) is -3.08. The van der Waals surface area contributed by atoms with Crippen molar-refractivity contribution in [2.24, 2.45) is 11.7 Å². The van der Waals surface area contributed by atoms with E-state index in [1.807, 2.05) is 13.8 Å². The molecular weight excluding hydrogens is 344 g/mol. The zero-order chi connectivity index (χ0) is 19.9. The van der Waals surface area contributed by atoms with Gasteiger partial charge in [-0.1, -0.05) is 13.8 Å². The van der Waals surface area contributed by atoms with Crippen molar-refractivity contribution in [3.8, 4) is 0 Å². The monoisotopic (exact) mass is 372 g/mol. The molecule has 0 radical (unpaired) electrons. The molecule has 10 nitrogen and oxygen atoms in total. The Balaban J connectivity index is 2.88. The molecule has 0 spiro atoms. The highest BCUT2D eigenvalue weighted by Crippen LogP contribution is 2.20. The summed E-state index contributed by atoms with van der Waals surface area (Å²) in [6.45, 7) is 3.05. The number of rotatable bonds is 9. The van der Waals surface area contributed by atoms with Gasteiger partial charge in [0.1, 0.15) is 18.1 Å². The maximum absolute atomic E-state index is 12.8. The second-order valence-electron chi connectivity index (χ2n) is 6.73. The second-order valence-corrected chi connectivity index (χ2v) is 6.73. The first-order valence-electron chi connectivity index (χ1n) is 8.65. The number of aliphatic hydroxyl groups excluding tert-OH is 1. The highest BCUT2D eigenvalue weighted by atomic mass is 16.4. The van der Waals surface area contributed by atoms with Crippen LogP contribution in [0.3, 0.4) is 0 Å². The van der Waals surface area contributed by atoms with Gasteiger partial charge in [-0.3, -0.25) is 14.4 Å². The van der Waals surface area contributed by atoms with Crippen molar-refractivity contribution in [3.63, 3.8) is 0 Å². The van der Waals surface area contributed by atoms with Crippen LogP contribution in [0.2, 0.25) is 0 Å². The number of carboxylic acid groups (broad SMARTS) is 1. The number of nitrogens with two attached hydrogens (primary N) is 1. The van der Waals surface area contributed by atoms with E-state index < -0.39 is 48.4 Å². The van der Waals surface area contributed by atoms with Crippen LogP contribution in [-0.2, 0) is 19.2 Å². The third-order valence-electron chi connectivity index (χ3n) is 4.16. The molecule has 6 N–H and O–H groups in total. The molecule has 0 aliphatic carbocycles. The number of carboxylic acids is 1. The number of nitrogens with one attached hydrogen (secondary N) is 2. The van der Waals surface area contributed by atoms with Gasteiger partial charge in [0.2, 0.25) is 17.7 Å². The molecule has 0 aromatic heterocycles. The molecule has 1 rings (SSSR count). The van der Waals surface area contributed by atoms with E-state index in [1.54, 1.807) is 0 Å². The Morgan fingerprint density at radius 3 is 2.35 bits per heavy atom.